The third kappa shape index (κ3) is 4.51. The van der Waals surface area contributed by atoms with Crippen molar-refractivity contribution in [1.29, 1.82) is 0 Å². The number of hydrogen-bond donors (Lipinski definition) is 0. The van der Waals surface area contributed by atoms with Crippen molar-refractivity contribution in [2.45, 2.75) is 45.6 Å². The first-order valence-corrected chi connectivity index (χ1v) is 6.98. The van der Waals surface area contributed by atoms with E-state index in [0.717, 1.165) is 0 Å². The van der Waals surface area contributed by atoms with E-state index in [0.29, 0.717) is 23.0 Å². The Morgan fingerprint density at radius 2 is 1.40 bits per heavy atom. The minimum absolute atomic E-state index is 0.209. The van der Waals surface area contributed by atoms with Crippen LogP contribution in [0.4, 0.5) is 0 Å². The molecule has 4 nitrogen and oxygen atoms in total. The predicted octanol–water partition coefficient (Wildman–Crippen LogP) is 3.03. The number of ether oxygens (including phenoxy) is 2. The van der Waals surface area contributed by atoms with Crippen molar-refractivity contribution in [3.05, 3.63) is 24.3 Å². The van der Waals surface area contributed by atoms with Crippen LogP contribution in [-0.2, 0) is 19.1 Å². The molecule has 0 aromatic rings. The molecule has 0 aliphatic heterocycles. The molecule has 2 rings (SSSR count). The molecule has 0 saturated heterocycles. The molecule has 112 valence electrons. The lowest BCUT2D eigenvalue weighted by atomic mass is 10.0. The molecule has 0 N–H and O–H groups in total. The molecule has 2 unspecified atom stereocenters. The van der Waals surface area contributed by atoms with Crippen LogP contribution in [0.5, 0.6) is 0 Å². The van der Waals surface area contributed by atoms with Crippen molar-refractivity contribution in [2.75, 3.05) is 7.11 Å². The lowest BCUT2D eigenvalue weighted by Crippen LogP contribution is -2.08. The van der Waals surface area contributed by atoms with E-state index < -0.39 is 0 Å². The zero-order valence-electron chi connectivity index (χ0n) is 12.6. The fourth-order valence-electron chi connectivity index (χ4n) is 2.50. The second-order valence-corrected chi connectivity index (χ2v) is 5.53. The van der Waals surface area contributed by atoms with Crippen LogP contribution in [0, 0.1) is 11.8 Å². The van der Waals surface area contributed by atoms with E-state index in [9.17, 15) is 9.59 Å². The van der Waals surface area contributed by atoms with Crippen molar-refractivity contribution in [3.8, 4) is 0 Å². The standard InChI is InChI=1S/C11H16O2.C5H8O2/c1-7(2)11(12)13-10-8-5-3-4-6-9(8)10;1-4(2)5(6)7-3/h8-10H,1,3-6H2,2H3;1H2,2-3H3. The fraction of sp³-hybridized carbons (Fsp3) is 0.625. The maximum Gasteiger partial charge on any atom is 0.333 e. The summed E-state index contributed by atoms with van der Waals surface area (Å²) >= 11 is 0. The van der Waals surface area contributed by atoms with Crippen LogP contribution in [0.15, 0.2) is 24.3 Å². The SMILES string of the molecule is C=C(C)C(=O)OC.C=C(C)C(=O)OC1C2CCCCC21. The van der Waals surface area contributed by atoms with Crippen LogP contribution < -0.4 is 0 Å². The van der Waals surface area contributed by atoms with Crippen molar-refractivity contribution in [1.82, 2.24) is 0 Å². The van der Waals surface area contributed by atoms with E-state index in [4.69, 9.17) is 4.74 Å². The third-order valence-electron chi connectivity index (χ3n) is 3.70. The third-order valence-corrected chi connectivity index (χ3v) is 3.70. The second-order valence-electron chi connectivity index (χ2n) is 5.53. The summed E-state index contributed by atoms with van der Waals surface area (Å²) in [5, 5.41) is 0. The average molecular weight is 280 g/mol. The highest BCUT2D eigenvalue weighted by molar-refractivity contribution is 5.87. The van der Waals surface area contributed by atoms with Gasteiger partial charge in [0.15, 0.2) is 0 Å². The van der Waals surface area contributed by atoms with Crippen LogP contribution in [0.2, 0.25) is 0 Å². The molecule has 2 aliphatic rings. The van der Waals surface area contributed by atoms with Crippen molar-refractivity contribution in [3.63, 3.8) is 0 Å². The van der Waals surface area contributed by atoms with Gasteiger partial charge in [-0.3, -0.25) is 0 Å². The smallest absolute Gasteiger partial charge is 0.333 e. The van der Waals surface area contributed by atoms with E-state index in [-0.39, 0.29) is 18.0 Å². The van der Waals surface area contributed by atoms with E-state index >= 15 is 0 Å². The van der Waals surface area contributed by atoms with Crippen molar-refractivity contribution < 1.29 is 19.1 Å². The number of rotatable bonds is 3. The largest absolute Gasteiger partial charge is 0.466 e. The second kappa shape index (κ2) is 7.27. The molecule has 2 fully saturated rings. The van der Waals surface area contributed by atoms with Gasteiger partial charge in [-0.2, -0.15) is 0 Å². The monoisotopic (exact) mass is 280 g/mol. The van der Waals surface area contributed by atoms with Gasteiger partial charge in [-0.25, -0.2) is 9.59 Å². The predicted molar refractivity (Wildman–Crippen MR) is 77.0 cm³/mol. The summed E-state index contributed by atoms with van der Waals surface area (Å²) < 4.78 is 9.60. The summed E-state index contributed by atoms with van der Waals surface area (Å²) in [6, 6.07) is 0. The van der Waals surface area contributed by atoms with Crippen molar-refractivity contribution in [2.24, 2.45) is 11.8 Å². The lowest BCUT2D eigenvalue weighted by molar-refractivity contribution is -0.141. The topological polar surface area (TPSA) is 52.6 Å². The van der Waals surface area contributed by atoms with Gasteiger partial charge in [-0.05, 0) is 26.7 Å². The normalized spacial score (nSPS) is 26.2. The Morgan fingerprint density at radius 1 is 0.950 bits per heavy atom. The molecule has 0 radical (unpaired) electrons. The first-order valence-electron chi connectivity index (χ1n) is 6.98. The Hall–Kier alpha value is -1.58. The molecule has 0 aromatic carbocycles. The quantitative estimate of drug-likeness (QED) is 0.589. The van der Waals surface area contributed by atoms with Crippen molar-refractivity contribution >= 4 is 11.9 Å². The molecule has 0 heterocycles. The molecule has 0 amide bonds. The maximum absolute atomic E-state index is 11.2. The van der Waals surface area contributed by atoms with Crippen LogP contribution in [0.3, 0.4) is 0 Å². The van der Waals surface area contributed by atoms with Crippen LogP contribution in [0.1, 0.15) is 39.5 Å². The van der Waals surface area contributed by atoms with Gasteiger partial charge in [0.2, 0.25) is 0 Å². The Balaban J connectivity index is 0.000000246. The molecule has 20 heavy (non-hydrogen) atoms. The minimum atomic E-state index is -0.347. The maximum atomic E-state index is 11.2. The molecule has 0 spiro atoms. The Kier molecular flexibility index (Phi) is 5.99. The number of carbonyl (C=O) groups excluding carboxylic acids is 2. The minimum Gasteiger partial charge on any atom is -0.466 e. The molecular weight excluding hydrogens is 256 g/mol. The highest BCUT2D eigenvalue weighted by Gasteiger charge is 2.53. The molecule has 2 atom stereocenters. The summed E-state index contributed by atoms with van der Waals surface area (Å²) in [6.45, 7) is 10.2. The number of carbonyl (C=O) groups is 2. The number of methoxy groups -OCH3 is 1. The van der Waals surface area contributed by atoms with Gasteiger partial charge in [0.1, 0.15) is 6.10 Å². The summed E-state index contributed by atoms with van der Waals surface area (Å²) in [5.74, 6) is 0.800. The van der Waals surface area contributed by atoms with Gasteiger partial charge >= 0.3 is 11.9 Å². The highest BCUT2D eigenvalue weighted by Crippen LogP contribution is 2.51. The average Bonchev–Trinajstić information content (AvgIpc) is 3.11. The van der Waals surface area contributed by atoms with E-state index in [1.54, 1.807) is 13.8 Å². The van der Waals surface area contributed by atoms with Gasteiger partial charge in [0.05, 0.1) is 7.11 Å². The first kappa shape index (κ1) is 16.5. The van der Waals surface area contributed by atoms with E-state index in [1.807, 2.05) is 0 Å². The summed E-state index contributed by atoms with van der Waals surface area (Å²) in [4.78, 5) is 21.4. The molecule has 0 bridgehead atoms. The van der Waals surface area contributed by atoms with E-state index in [1.165, 1.54) is 32.8 Å². The molecule has 4 heteroatoms. The molecular formula is C16H24O4. The summed E-state index contributed by atoms with van der Waals surface area (Å²) in [7, 11) is 1.33. The summed E-state index contributed by atoms with van der Waals surface area (Å²) in [5.41, 5.74) is 0.950. The van der Waals surface area contributed by atoms with E-state index in [2.05, 4.69) is 17.9 Å². The van der Waals surface area contributed by atoms with Crippen LogP contribution in [-0.4, -0.2) is 25.2 Å². The molecule has 2 aliphatic carbocycles. The molecule has 2 saturated carbocycles. The van der Waals surface area contributed by atoms with Crippen LogP contribution >= 0.6 is 0 Å². The van der Waals surface area contributed by atoms with Gasteiger partial charge in [-0.15, -0.1) is 0 Å². The number of fused-ring (bicyclic) bond motifs is 1. The van der Waals surface area contributed by atoms with Gasteiger partial charge in [-0.1, -0.05) is 26.0 Å². The zero-order chi connectivity index (χ0) is 15.3. The Bertz CT molecular complexity index is 399. The zero-order valence-corrected chi connectivity index (χ0v) is 12.6. The van der Waals surface area contributed by atoms with Gasteiger partial charge in [0, 0.05) is 23.0 Å². The van der Waals surface area contributed by atoms with Gasteiger partial charge in [0.25, 0.3) is 0 Å². The highest BCUT2D eigenvalue weighted by atomic mass is 16.6. The molecule has 0 aromatic heterocycles. The number of hydrogen-bond acceptors (Lipinski definition) is 4. The van der Waals surface area contributed by atoms with Gasteiger partial charge < -0.3 is 9.47 Å². The number of esters is 2. The van der Waals surface area contributed by atoms with Crippen LogP contribution in [0.25, 0.3) is 0 Å². The first-order chi connectivity index (χ1) is 9.38. The fourth-order valence-corrected chi connectivity index (χ4v) is 2.50. The lowest BCUT2D eigenvalue weighted by Gasteiger charge is -2.03. The summed E-state index contributed by atoms with van der Waals surface area (Å²) in [6.07, 6.45) is 5.34. The Labute approximate surface area is 120 Å². The Morgan fingerprint density at radius 3 is 1.70 bits per heavy atom.